The predicted molar refractivity (Wildman–Crippen MR) is 148 cm³/mol. The van der Waals surface area contributed by atoms with Gasteiger partial charge in [0.05, 0.1) is 15.8 Å². The zero-order valence-corrected chi connectivity index (χ0v) is 22.6. The number of aryl methyl sites for hydroxylation is 1. The third-order valence-electron chi connectivity index (χ3n) is 6.45. The summed E-state index contributed by atoms with van der Waals surface area (Å²) in [7, 11) is -2.52. The van der Waals surface area contributed by atoms with Crippen LogP contribution in [-0.4, -0.2) is 34.7 Å². The molecule has 0 unspecified atom stereocenters. The first-order valence-corrected chi connectivity index (χ1v) is 14.0. The summed E-state index contributed by atoms with van der Waals surface area (Å²) in [5, 5.41) is 10.2. The first-order valence-electron chi connectivity index (χ1n) is 12.1. The first-order chi connectivity index (χ1) is 18.6. The maximum absolute atomic E-state index is 13.0. The molecule has 204 valence electrons. The number of para-hydroxylation sites is 1. The van der Waals surface area contributed by atoms with Gasteiger partial charge in [-0.05, 0) is 66.8 Å². The zero-order chi connectivity index (χ0) is 28.2. The fraction of sp³-hybridized carbons (Fsp3) is 0.222. The van der Waals surface area contributed by atoms with Crippen molar-refractivity contribution < 1.29 is 18.4 Å². The lowest BCUT2D eigenvalue weighted by atomic mass is 10.1. The maximum Gasteiger partial charge on any atom is 0.331 e. The molecule has 0 radical (unpaired) electrons. The summed E-state index contributed by atoms with van der Waals surface area (Å²) in [6.07, 6.45) is 0.635. The minimum atomic E-state index is -4.10. The van der Waals surface area contributed by atoms with E-state index in [2.05, 4.69) is 4.72 Å². The third-order valence-corrected chi connectivity index (χ3v) is 8.19. The lowest BCUT2D eigenvalue weighted by Crippen LogP contribution is -2.45. The summed E-state index contributed by atoms with van der Waals surface area (Å²) in [5.41, 5.74) is 2.78. The van der Waals surface area contributed by atoms with E-state index in [1.165, 1.54) is 22.2 Å². The Bertz CT molecular complexity index is 1710. The molecule has 0 spiro atoms. The number of halogens is 1. The molecule has 0 saturated carbocycles. The molecule has 3 aromatic carbocycles. The van der Waals surface area contributed by atoms with Crippen molar-refractivity contribution in [1.82, 2.24) is 19.3 Å². The van der Waals surface area contributed by atoms with E-state index in [9.17, 15) is 22.8 Å². The van der Waals surface area contributed by atoms with E-state index in [0.717, 1.165) is 15.7 Å². The molecule has 0 saturated heterocycles. The molecule has 4 aromatic rings. The van der Waals surface area contributed by atoms with Crippen LogP contribution in [0.1, 0.15) is 19.3 Å². The number of hydrogen-bond donors (Lipinski definition) is 3. The van der Waals surface area contributed by atoms with Gasteiger partial charge in [0.25, 0.3) is 11.5 Å². The van der Waals surface area contributed by atoms with E-state index in [1.807, 2.05) is 12.1 Å². The number of hydrogen-bond acceptors (Lipinski definition) is 6. The van der Waals surface area contributed by atoms with Crippen molar-refractivity contribution in [3.05, 3.63) is 98.7 Å². The molecule has 4 rings (SSSR count). The molecule has 39 heavy (non-hydrogen) atoms. The predicted octanol–water partition coefficient (Wildman–Crippen LogP) is 3.04. The van der Waals surface area contributed by atoms with Crippen molar-refractivity contribution in [2.75, 3.05) is 0 Å². The smallest absolute Gasteiger partial charge is 0.296 e. The molecular weight excluding hydrogens is 544 g/mol. The topological polar surface area (TPSA) is 140 Å². The number of unbranched alkanes of at least 4 members (excludes halogenated alkanes) is 1. The highest BCUT2D eigenvalue weighted by atomic mass is 35.5. The van der Waals surface area contributed by atoms with Crippen LogP contribution in [0, 0.1) is 0 Å². The van der Waals surface area contributed by atoms with Gasteiger partial charge in [0.15, 0.2) is 0 Å². The molecular formula is C27H27ClN4O6S. The van der Waals surface area contributed by atoms with Gasteiger partial charge in [-0.1, -0.05) is 48.0 Å². The van der Waals surface area contributed by atoms with Crippen molar-refractivity contribution in [1.29, 1.82) is 0 Å². The van der Waals surface area contributed by atoms with Crippen LogP contribution in [0.25, 0.3) is 22.0 Å². The second-order valence-corrected chi connectivity index (χ2v) is 11.1. The summed E-state index contributed by atoms with van der Waals surface area (Å²) in [5.74, 6) is -0.921. The highest BCUT2D eigenvalue weighted by molar-refractivity contribution is 7.89. The highest BCUT2D eigenvalue weighted by Gasteiger charge is 2.25. The quantitative estimate of drug-likeness (QED) is 0.152. The molecule has 0 fully saturated rings. The minimum Gasteiger partial charge on any atom is -0.296 e. The van der Waals surface area contributed by atoms with Gasteiger partial charge < -0.3 is 0 Å². The summed E-state index contributed by atoms with van der Waals surface area (Å²) >= 11 is 5.92. The zero-order valence-electron chi connectivity index (χ0n) is 21.0. The molecule has 1 amide bonds. The number of fused-ring (bicyclic) bond motifs is 1. The maximum atomic E-state index is 13.0. The van der Waals surface area contributed by atoms with Gasteiger partial charge >= 0.3 is 5.69 Å². The molecule has 1 heterocycles. The number of carbonyl (C=O) groups is 1. The average molecular weight is 571 g/mol. The number of hydroxylamine groups is 1. The number of sulfonamides is 1. The van der Waals surface area contributed by atoms with Gasteiger partial charge in [-0.3, -0.25) is 23.9 Å². The Hall–Kier alpha value is -3.77. The van der Waals surface area contributed by atoms with Crippen molar-refractivity contribution in [3.8, 4) is 11.1 Å². The first kappa shape index (κ1) is 28.2. The number of aromatic nitrogens is 2. The van der Waals surface area contributed by atoms with Crippen molar-refractivity contribution in [3.63, 3.8) is 0 Å². The molecule has 3 N–H and O–H groups in total. The molecule has 0 aliphatic carbocycles. The number of benzene rings is 3. The lowest BCUT2D eigenvalue weighted by molar-refractivity contribution is -0.131. The SMILES string of the molecule is Cn1c(=O)n(CCCC[C@@H](NS(=O)(=O)c2ccc(-c3ccc(Cl)cc3)cc2)C(=O)NO)c(=O)c2ccccc21. The third kappa shape index (κ3) is 6.28. The number of carbonyl (C=O) groups excluding carboxylic acids is 1. The van der Waals surface area contributed by atoms with E-state index >= 15 is 0 Å². The largest absolute Gasteiger partial charge is 0.331 e. The number of amides is 1. The molecule has 1 aromatic heterocycles. The Kier molecular flexibility index (Phi) is 8.66. The fourth-order valence-electron chi connectivity index (χ4n) is 4.32. The summed E-state index contributed by atoms with van der Waals surface area (Å²) in [6.45, 7) is 0.0860. The molecule has 10 nitrogen and oxygen atoms in total. The normalized spacial score (nSPS) is 12.4. The number of nitrogens with zero attached hydrogens (tertiary/aromatic N) is 2. The summed E-state index contributed by atoms with van der Waals surface area (Å²) in [6, 6.07) is 18.7. The number of rotatable bonds is 10. The second-order valence-electron chi connectivity index (χ2n) is 8.99. The molecule has 0 aliphatic rings. The monoisotopic (exact) mass is 570 g/mol. The Labute approximate surface area is 229 Å². The lowest BCUT2D eigenvalue weighted by Gasteiger charge is -2.17. The average Bonchev–Trinajstić information content (AvgIpc) is 2.95. The molecule has 0 aliphatic heterocycles. The van der Waals surface area contributed by atoms with Crippen LogP contribution in [0.3, 0.4) is 0 Å². The Morgan fingerprint density at radius 2 is 1.56 bits per heavy atom. The minimum absolute atomic E-state index is 0.0249. The van der Waals surface area contributed by atoms with Gasteiger partial charge in [0.2, 0.25) is 10.0 Å². The van der Waals surface area contributed by atoms with Crippen molar-refractivity contribution >= 4 is 38.4 Å². The van der Waals surface area contributed by atoms with Gasteiger partial charge in [-0.15, -0.1) is 0 Å². The van der Waals surface area contributed by atoms with E-state index < -0.39 is 33.2 Å². The van der Waals surface area contributed by atoms with Gasteiger partial charge in [-0.2, -0.15) is 4.72 Å². The van der Waals surface area contributed by atoms with Crippen LogP contribution in [-0.2, 0) is 28.4 Å². The Morgan fingerprint density at radius 1 is 0.949 bits per heavy atom. The standard InChI is InChI=1S/C27H27ClN4O6S/c1-31-24-8-3-2-6-22(24)26(34)32(27(31)35)17-5-4-7-23(25(33)29-36)30-39(37,38)21-15-11-19(12-16-21)18-9-13-20(28)14-10-18/h2-3,6,8-16,23,30,36H,4-5,7,17H2,1H3,(H,29,33)/t23-/m1/s1. The van der Waals surface area contributed by atoms with Crippen LogP contribution in [0.5, 0.6) is 0 Å². The second kappa shape index (κ2) is 12.0. The van der Waals surface area contributed by atoms with Crippen LogP contribution >= 0.6 is 11.6 Å². The molecule has 1 atom stereocenters. The highest BCUT2D eigenvalue weighted by Crippen LogP contribution is 2.23. The van der Waals surface area contributed by atoms with Crippen LogP contribution in [0.4, 0.5) is 0 Å². The van der Waals surface area contributed by atoms with Gasteiger partial charge in [-0.25, -0.2) is 18.7 Å². The Balaban J connectivity index is 1.43. The summed E-state index contributed by atoms with van der Waals surface area (Å²) < 4.78 is 30.8. The van der Waals surface area contributed by atoms with E-state index in [4.69, 9.17) is 16.8 Å². The fourth-order valence-corrected chi connectivity index (χ4v) is 5.68. The van der Waals surface area contributed by atoms with Crippen LogP contribution < -0.4 is 21.5 Å². The van der Waals surface area contributed by atoms with Crippen molar-refractivity contribution in [2.24, 2.45) is 7.05 Å². The van der Waals surface area contributed by atoms with Crippen LogP contribution in [0.15, 0.2) is 87.3 Å². The van der Waals surface area contributed by atoms with Crippen LogP contribution in [0.2, 0.25) is 5.02 Å². The van der Waals surface area contributed by atoms with Gasteiger partial charge in [0.1, 0.15) is 6.04 Å². The molecule has 12 heteroatoms. The van der Waals surface area contributed by atoms with E-state index in [-0.39, 0.29) is 17.9 Å². The molecule has 0 bridgehead atoms. The summed E-state index contributed by atoms with van der Waals surface area (Å²) in [4.78, 5) is 37.7. The van der Waals surface area contributed by atoms with E-state index in [0.29, 0.717) is 28.8 Å². The van der Waals surface area contributed by atoms with E-state index in [1.54, 1.807) is 55.6 Å². The van der Waals surface area contributed by atoms with Gasteiger partial charge in [0, 0.05) is 18.6 Å². The Morgan fingerprint density at radius 3 is 2.21 bits per heavy atom. The number of nitrogens with one attached hydrogen (secondary N) is 2. The van der Waals surface area contributed by atoms with Crippen molar-refractivity contribution in [2.45, 2.75) is 36.7 Å².